The van der Waals surface area contributed by atoms with E-state index in [-0.39, 0.29) is 5.70 Å². The summed E-state index contributed by atoms with van der Waals surface area (Å²) in [6.07, 6.45) is 14.7. The maximum atomic E-state index is 11.0. The Morgan fingerprint density at radius 1 is 1.00 bits per heavy atom. The first-order chi connectivity index (χ1) is 13.3. The summed E-state index contributed by atoms with van der Waals surface area (Å²) in [6, 6.07) is -0.665. The number of aldehydes is 1. The van der Waals surface area contributed by atoms with Crippen molar-refractivity contribution in [3.05, 3.63) is 85.2 Å². The summed E-state index contributed by atoms with van der Waals surface area (Å²) in [5, 5.41) is 0. The van der Waals surface area contributed by atoms with E-state index in [1.165, 1.54) is 16.5 Å². The molecule has 0 unspecified atom stereocenters. The van der Waals surface area contributed by atoms with Gasteiger partial charge in [0.25, 0.3) is 0 Å². The van der Waals surface area contributed by atoms with Crippen molar-refractivity contribution in [2.45, 2.75) is 48.5 Å². The zero-order chi connectivity index (χ0) is 23.0. The van der Waals surface area contributed by atoms with E-state index in [0.29, 0.717) is 18.4 Å². The molecule has 0 aliphatic rings. The van der Waals surface area contributed by atoms with Crippen LogP contribution in [0.2, 0.25) is 0 Å². The lowest BCUT2D eigenvalue weighted by atomic mass is 10.2. The molecule has 2 N–H and O–H groups in total. The van der Waals surface area contributed by atoms with Crippen LogP contribution in [0, 0.1) is 0 Å². The molecule has 0 aromatic carbocycles. The first kappa shape index (κ1) is 32.8. The first-order valence-corrected chi connectivity index (χ1v) is 9.48. The van der Waals surface area contributed by atoms with Gasteiger partial charge in [-0.25, -0.2) is 4.79 Å². The number of likely N-dealkylation sites (N-methyl/N-ethyl adjacent to an activating group) is 1. The van der Waals surface area contributed by atoms with E-state index in [4.69, 9.17) is 5.73 Å². The van der Waals surface area contributed by atoms with Crippen molar-refractivity contribution in [1.82, 2.24) is 4.90 Å². The number of nitrogens with zero attached hydrogens (tertiary/aromatic N) is 1. The first-order valence-electron chi connectivity index (χ1n) is 9.48. The number of hydrogen-bond donors (Lipinski definition) is 1. The zero-order valence-electron chi connectivity index (χ0n) is 18.9. The summed E-state index contributed by atoms with van der Waals surface area (Å²) in [6.45, 7) is 24.9. The number of primary amides is 1. The molecular formula is C24H40N2O2. The van der Waals surface area contributed by atoms with Gasteiger partial charge >= 0.3 is 6.03 Å². The molecule has 0 rings (SSSR count). The molecule has 0 aliphatic carbocycles. The monoisotopic (exact) mass is 388 g/mol. The minimum atomic E-state index is -0.665. The van der Waals surface area contributed by atoms with Gasteiger partial charge in [-0.1, -0.05) is 95.5 Å². The van der Waals surface area contributed by atoms with Crippen molar-refractivity contribution in [3.63, 3.8) is 0 Å². The molecule has 0 aliphatic heterocycles. The van der Waals surface area contributed by atoms with Crippen LogP contribution in [0.3, 0.4) is 0 Å². The molecule has 0 saturated heterocycles. The molecule has 0 spiro atoms. The largest absolute Gasteiger partial charge is 0.351 e. The Morgan fingerprint density at radius 2 is 1.50 bits per heavy atom. The molecule has 4 heteroatoms. The minimum Gasteiger partial charge on any atom is -0.351 e. The quantitative estimate of drug-likeness (QED) is 0.292. The number of rotatable bonds is 8. The fourth-order valence-corrected chi connectivity index (χ4v) is 1.40. The summed E-state index contributed by atoms with van der Waals surface area (Å²) in [4.78, 5) is 23.0. The standard InChI is InChI=1S/C12H16N2O2.C8H12.2C2H6/c1-4-6-7-10(3)8-11(9-15)14(5-2)12(13)16;1-4-5-6-7-8(2)3;2*1-2/h4,6-9H,1,3,5H2,2H3,(H2,13,16);4-7H,1H2,2-3H3;2*1-2H3/b7-6-,11-8+;6-5-;;. The lowest BCUT2D eigenvalue weighted by Crippen LogP contribution is -2.35. The van der Waals surface area contributed by atoms with Gasteiger partial charge in [0.15, 0.2) is 6.29 Å². The number of carbonyl (C=O) groups excluding carboxylic acids is 2. The van der Waals surface area contributed by atoms with Gasteiger partial charge in [0.05, 0.1) is 5.70 Å². The summed E-state index contributed by atoms with van der Waals surface area (Å²) in [5.41, 5.74) is 7.20. The van der Waals surface area contributed by atoms with E-state index in [1.807, 2.05) is 45.9 Å². The van der Waals surface area contributed by atoms with Crippen LogP contribution in [0.4, 0.5) is 4.79 Å². The molecule has 0 bridgehead atoms. The molecule has 0 aromatic rings. The van der Waals surface area contributed by atoms with Crippen LogP contribution in [-0.4, -0.2) is 23.8 Å². The van der Waals surface area contributed by atoms with E-state index in [0.717, 1.165) is 0 Å². The molecule has 4 nitrogen and oxygen atoms in total. The summed E-state index contributed by atoms with van der Waals surface area (Å²) >= 11 is 0. The van der Waals surface area contributed by atoms with E-state index >= 15 is 0 Å². The molecule has 0 saturated carbocycles. The van der Waals surface area contributed by atoms with Crippen molar-refractivity contribution in [2.24, 2.45) is 5.73 Å². The third-order valence-corrected chi connectivity index (χ3v) is 2.47. The second-order valence-corrected chi connectivity index (χ2v) is 4.80. The van der Waals surface area contributed by atoms with E-state index in [9.17, 15) is 9.59 Å². The van der Waals surface area contributed by atoms with Crippen molar-refractivity contribution >= 4 is 12.3 Å². The van der Waals surface area contributed by atoms with Gasteiger partial charge in [0.1, 0.15) is 0 Å². The molecule has 0 atom stereocenters. The van der Waals surface area contributed by atoms with Crippen LogP contribution in [-0.2, 0) is 4.79 Å². The molecule has 28 heavy (non-hydrogen) atoms. The van der Waals surface area contributed by atoms with Crippen molar-refractivity contribution < 1.29 is 9.59 Å². The fourth-order valence-electron chi connectivity index (χ4n) is 1.40. The highest BCUT2D eigenvalue weighted by molar-refractivity contribution is 5.84. The van der Waals surface area contributed by atoms with Crippen molar-refractivity contribution in [2.75, 3.05) is 6.54 Å². The van der Waals surface area contributed by atoms with Gasteiger partial charge < -0.3 is 5.73 Å². The second-order valence-electron chi connectivity index (χ2n) is 4.80. The van der Waals surface area contributed by atoms with Crippen molar-refractivity contribution in [1.29, 1.82) is 0 Å². The van der Waals surface area contributed by atoms with Crippen LogP contribution >= 0.6 is 0 Å². The lowest BCUT2D eigenvalue weighted by molar-refractivity contribution is -0.105. The average molecular weight is 389 g/mol. The van der Waals surface area contributed by atoms with Crippen molar-refractivity contribution in [3.8, 4) is 0 Å². The molecule has 0 aromatic heterocycles. The van der Waals surface area contributed by atoms with Gasteiger partial charge in [0, 0.05) is 6.54 Å². The Balaban J connectivity index is -0.000000201. The number of allylic oxidation sites excluding steroid dienone is 11. The Labute approximate surface area is 173 Å². The van der Waals surface area contributed by atoms with E-state index < -0.39 is 6.03 Å². The van der Waals surface area contributed by atoms with Gasteiger partial charge in [-0.05, 0) is 32.4 Å². The zero-order valence-corrected chi connectivity index (χ0v) is 18.9. The summed E-state index contributed by atoms with van der Waals surface area (Å²) < 4.78 is 0. The molecule has 0 radical (unpaired) electrons. The Kier molecular flexibility index (Phi) is 30.8. The highest BCUT2D eigenvalue weighted by atomic mass is 16.2. The van der Waals surface area contributed by atoms with Gasteiger partial charge in [-0.2, -0.15) is 0 Å². The molecule has 0 heterocycles. The van der Waals surface area contributed by atoms with Gasteiger partial charge in [-0.3, -0.25) is 9.69 Å². The Hall–Kier alpha value is -2.88. The Morgan fingerprint density at radius 3 is 1.82 bits per heavy atom. The van der Waals surface area contributed by atoms with Crippen LogP contribution in [0.5, 0.6) is 0 Å². The number of carbonyl (C=O) groups is 2. The maximum absolute atomic E-state index is 11.0. The number of amides is 2. The lowest BCUT2D eigenvalue weighted by Gasteiger charge is -2.17. The van der Waals surface area contributed by atoms with Gasteiger partial charge in [-0.15, -0.1) is 0 Å². The fraction of sp³-hybridized carbons (Fsp3) is 0.333. The molecule has 0 fully saturated rings. The number of hydrogen-bond acceptors (Lipinski definition) is 2. The Bertz CT molecular complexity index is 561. The summed E-state index contributed by atoms with van der Waals surface area (Å²) in [5.74, 6) is 0. The third kappa shape index (κ3) is 23.1. The predicted octanol–water partition coefficient (Wildman–Crippen LogP) is 6.52. The molecule has 2 amide bonds. The highest BCUT2D eigenvalue weighted by Crippen LogP contribution is 2.06. The SMILES string of the molecule is C=C/C=C\C(=C)/C=C(\C=O)N(CC)C(N)=O.C=C/C=C\C=C(C)C.CC.CC. The number of nitrogens with two attached hydrogens (primary N) is 1. The van der Waals surface area contributed by atoms with E-state index in [2.05, 4.69) is 33.6 Å². The molecule has 158 valence electrons. The third-order valence-electron chi connectivity index (χ3n) is 2.47. The normalized spacial score (nSPS) is 9.46. The van der Waals surface area contributed by atoms with Crippen LogP contribution in [0.15, 0.2) is 85.2 Å². The predicted molar refractivity (Wildman–Crippen MR) is 126 cm³/mol. The molecular weight excluding hydrogens is 348 g/mol. The average Bonchev–Trinajstić information content (AvgIpc) is 2.69. The minimum absolute atomic E-state index is 0.189. The topological polar surface area (TPSA) is 63.4 Å². The smallest absolute Gasteiger partial charge is 0.319 e. The highest BCUT2D eigenvalue weighted by Gasteiger charge is 2.11. The summed E-state index contributed by atoms with van der Waals surface area (Å²) in [7, 11) is 0. The second kappa shape index (κ2) is 26.4. The van der Waals surface area contributed by atoms with Gasteiger partial charge in [0.2, 0.25) is 0 Å². The van der Waals surface area contributed by atoms with Crippen LogP contribution in [0.1, 0.15) is 48.5 Å². The van der Waals surface area contributed by atoms with E-state index in [1.54, 1.807) is 31.2 Å². The number of urea groups is 1. The maximum Gasteiger partial charge on any atom is 0.319 e. The van der Waals surface area contributed by atoms with Crippen LogP contribution in [0.25, 0.3) is 0 Å². The van der Waals surface area contributed by atoms with Crippen LogP contribution < -0.4 is 5.73 Å².